The van der Waals surface area contributed by atoms with Crippen molar-refractivity contribution in [2.75, 3.05) is 38.8 Å². The lowest BCUT2D eigenvalue weighted by molar-refractivity contribution is -0.113. The third-order valence-corrected chi connectivity index (χ3v) is 5.50. The number of carbonyl (C=O) groups is 2. The molecule has 0 radical (unpaired) electrons. The van der Waals surface area contributed by atoms with Gasteiger partial charge in [-0.3, -0.25) is 19.4 Å². The van der Waals surface area contributed by atoms with Gasteiger partial charge in [0, 0.05) is 38.3 Å². The van der Waals surface area contributed by atoms with Crippen LogP contribution in [0.3, 0.4) is 0 Å². The maximum Gasteiger partial charge on any atom is 0.278 e. The molecule has 2 atom stereocenters. The Labute approximate surface area is 182 Å². The number of para-hydroxylation sites is 1. The Morgan fingerprint density at radius 1 is 1.06 bits per heavy atom. The zero-order valence-electron chi connectivity index (χ0n) is 18.4. The van der Waals surface area contributed by atoms with E-state index >= 15 is 0 Å². The minimum atomic E-state index is -0.110. The predicted molar refractivity (Wildman–Crippen MR) is 121 cm³/mol. The number of aliphatic imine (C=N–C) groups is 1. The lowest BCUT2D eigenvalue weighted by atomic mass is 10.1. The number of nitrogens with zero attached hydrogens (tertiary/aromatic N) is 4. The van der Waals surface area contributed by atoms with E-state index in [0.717, 1.165) is 24.3 Å². The molecular weight excluding hydrogens is 392 g/mol. The molecule has 1 saturated heterocycles. The fraction of sp³-hybridized carbons (Fsp3) is 0.375. The van der Waals surface area contributed by atoms with Gasteiger partial charge in [-0.15, -0.1) is 0 Å². The number of ether oxygens (including phenoxy) is 1. The molecule has 4 rings (SSSR count). The molecule has 0 bridgehead atoms. The van der Waals surface area contributed by atoms with E-state index in [2.05, 4.69) is 23.7 Å². The van der Waals surface area contributed by atoms with Gasteiger partial charge in [0.15, 0.2) is 0 Å². The molecule has 0 N–H and O–H groups in total. The lowest BCUT2D eigenvalue weighted by Crippen LogP contribution is -2.50. The van der Waals surface area contributed by atoms with Crippen LogP contribution in [0.25, 0.3) is 0 Å². The van der Waals surface area contributed by atoms with Crippen LogP contribution in [0.5, 0.6) is 0 Å². The molecule has 2 unspecified atom stereocenters. The molecule has 162 valence electrons. The quantitative estimate of drug-likeness (QED) is 0.763. The average molecular weight is 421 g/mol. The summed E-state index contributed by atoms with van der Waals surface area (Å²) in [7, 11) is 3.43. The summed E-state index contributed by atoms with van der Waals surface area (Å²) >= 11 is 0. The van der Waals surface area contributed by atoms with E-state index in [1.165, 1.54) is 4.90 Å². The second-order valence-electron chi connectivity index (χ2n) is 8.39. The first-order valence-corrected chi connectivity index (χ1v) is 10.5. The number of hydrogen-bond donors (Lipinski definition) is 0. The fourth-order valence-electron chi connectivity index (χ4n) is 4.18. The smallest absolute Gasteiger partial charge is 0.278 e. The van der Waals surface area contributed by atoms with Crippen molar-refractivity contribution in [2.24, 2.45) is 4.99 Å². The summed E-state index contributed by atoms with van der Waals surface area (Å²) in [5, 5.41) is 0. The Kier molecular flexibility index (Phi) is 5.89. The number of anilines is 1. The highest BCUT2D eigenvalue weighted by Gasteiger charge is 2.36. The number of amides is 2. The molecule has 7 heteroatoms. The number of fused-ring (bicyclic) bond motifs is 1. The molecule has 31 heavy (non-hydrogen) atoms. The van der Waals surface area contributed by atoms with Gasteiger partial charge >= 0.3 is 0 Å². The molecule has 0 aliphatic carbocycles. The summed E-state index contributed by atoms with van der Waals surface area (Å²) in [4.78, 5) is 35.7. The van der Waals surface area contributed by atoms with Gasteiger partial charge in [-0.05, 0) is 44.2 Å². The van der Waals surface area contributed by atoms with Crippen LogP contribution in [0.1, 0.15) is 29.8 Å². The molecule has 7 nitrogen and oxygen atoms in total. The van der Waals surface area contributed by atoms with E-state index in [-0.39, 0.29) is 24.0 Å². The average Bonchev–Trinajstić information content (AvgIpc) is 2.99. The van der Waals surface area contributed by atoms with E-state index < -0.39 is 0 Å². The van der Waals surface area contributed by atoms with Crippen molar-refractivity contribution in [1.82, 2.24) is 9.80 Å². The third-order valence-electron chi connectivity index (χ3n) is 5.50. The van der Waals surface area contributed by atoms with Crippen LogP contribution in [-0.2, 0) is 9.53 Å². The van der Waals surface area contributed by atoms with Gasteiger partial charge in [0.1, 0.15) is 5.71 Å². The van der Waals surface area contributed by atoms with Gasteiger partial charge < -0.3 is 9.64 Å². The van der Waals surface area contributed by atoms with Gasteiger partial charge in [0.25, 0.3) is 11.8 Å². The van der Waals surface area contributed by atoms with Crippen molar-refractivity contribution in [3.63, 3.8) is 0 Å². The number of benzene rings is 2. The van der Waals surface area contributed by atoms with Crippen molar-refractivity contribution in [1.29, 1.82) is 0 Å². The molecule has 1 fully saturated rings. The van der Waals surface area contributed by atoms with Crippen LogP contribution in [0.4, 0.5) is 11.4 Å². The molecule has 2 aliphatic rings. The van der Waals surface area contributed by atoms with Crippen LogP contribution in [0.2, 0.25) is 0 Å². The zero-order valence-corrected chi connectivity index (χ0v) is 18.4. The first-order valence-electron chi connectivity index (χ1n) is 10.5. The lowest BCUT2D eigenvalue weighted by Gasteiger charge is -2.37. The summed E-state index contributed by atoms with van der Waals surface area (Å²) in [5.41, 5.74) is 3.36. The number of carbonyl (C=O) groups excluding carboxylic acids is 2. The highest BCUT2D eigenvalue weighted by atomic mass is 16.5. The van der Waals surface area contributed by atoms with Crippen molar-refractivity contribution in [2.45, 2.75) is 26.1 Å². The topological polar surface area (TPSA) is 65.5 Å². The summed E-state index contributed by atoms with van der Waals surface area (Å²) in [5.74, 6) is -0.178. The maximum atomic E-state index is 13.3. The largest absolute Gasteiger partial charge is 0.373 e. The van der Waals surface area contributed by atoms with Gasteiger partial charge in [-0.1, -0.05) is 18.2 Å². The highest BCUT2D eigenvalue weighted by molar-refractivity contribution is 6.54. The van der Waals surface area contributed by atoms with E-state index in [1.807, 2.05) is 24.3 Å². The Hall–Kier alpha value is -3.03. The minimum absolute atomic E-state index is 0.0679. The summed E-state index contributed by atoms with van der Waals surface area (Å²) in [6.45, 7) is 6.18. The molecule has 0 saturated carbocycles. The molecule has 2 aromatic carbocycles. The zero-order chi connectivity index (χ0) is 22.1. The Morgan fingerprint density at radius 2 is 1.71 bits per heavy atom. The standard InChI is InChI=1S/C24H28N4O3/c1-16-13-27(14-17(2)31-16)15-28-21-8-6-5-7-20(21)22(24(28)30)25-19-11-9-18(10-12-19)23(29)26(3)4/h5-12,16-17H,13-15H2,1-4H3. The van der Waals surface area contributed by atoms with Gasteiger partial charge in [-0.2, -0.15) is 0 Å². The molecule has 2 aliphatic heterocycles. The predicted octanol–water partition coefficient (Wildman–Crippen LogP) is 2.92. The maximum absolute atomic E-state index is 13.3. The van der Waals surface area contributed by atoms with E-state index in [9.17, 15) is 9.59 Å². The molecule has 2 amide bonds. The molecular formula is C24H28N4O3. The first-order chi connectivity index (χ1) is 14.8. The van der Waals surface area contributed by atoms with E-state index in [4.69, 9.17) is 4.74 Å². The van der Waals surface area contributed by atoms with E-state index in [0.29, 0.717) is 23.6 Å². The highest BCUT2D eigenvalue weighted by Crippen LogP contribution is 2.31. The van der Waals surface area contributed by atoms with Gasteiger partial charge in [0.2, 0.25) is 0 Å². The molecule has 2 aromatic rings. The number of morpholine rings is 1. The van der Waals surface area contributed by atoms with Crippen molar-refractivity contribution in [3.05, 3.63) is 59.7 Å². The molecule has 0 aromatic heterocycles. The fourth-order valence-corrected chi connectivity index (χ4v) is 4.18. The Balaban J connectivity index is 1.60. The third kappa shape index (κ3) is 4.38. The summed E-state index contributed by atoms with van der Waals surface area (Å²) in [6.07, 6.45) is 0.265. The first kappa shape index (κ1) is 21.2. The van der Waals surface area contributed by atoms with Crippen LogP contribution in [0.15, 0.2) is 53.5 Å². The van der Waals surface area contributed by atoms with Crippen LogP contribution >= 0.6 is 0 Å². The second kappa shape index (κ2) is 8.61. The normalized spacial score (nSPS) is 22.6. The van der Waals surface area contributed by atoms with Crippen molar-refractivity contribution >= 4 is 28.9 Å². The SMILES string of the molecule is CC1CN(CN2C(=O)C(=Nc3ccc(C(=O)N(C)C)cc3)c3ccccc32)CC(C)O1. The molecule has 0 spiro atoms. The van der Waals surface area contributed by atoms with Crippen LogP contribution in [-0.4, -0.2) is 73.4 Å². The van der Waals surface area contributed by atoms with Gasteiger partial charge in [0.05, 0.1) is 30.3 Å². The number of rotatable bonds is 4. The second-order valence-corrected chi connectivity index (χ2v) is 8.39. The van der Waals surface area contributed by atoms with Crippen molar-refractivity contribution in [3.8, 4) is 0 Å². The Bertz CT molecular complexity index is 1010. The van der Waals surface area contributed by atoms with Crippen LogP contribution in [0, 0.1) is 0 Å². The monoisotopic (exact) mass is 420 g/mol. The van der Waals surface area contributed by atoms with E-state index in [1.54, 1.807) is 43.3 Å². The van der Waals surface area contributed by atoms with Gasteiger partial charge in [-0.25, -0.2) is 4.99 Å². The Morgan fingerprint density at radius 3 is 2.35 bits per heavy atom. The summed E-state index contributed by atoms with van der Waals surface area (Å²) in [6, 6.07) is 14.8. The minimum Gasteiger partial charge on any atom is -0.373 e. The molecule has 2 heterocycles. The van der Waals surface area contributed by atoms with Crippen LogP contribution < -0.4 is 4.90 Å². The number of hydrogen-bond acceptors (Lipinski definition) is 5. The van der Waals surface area contributed by atoms with Crippen molar-refractivity contribution < 1.29 is 14.3 Å². The summed E-state index contributed by atoms with van der Waals surface area (Å²) < 4.78 is 5.82.